The number of nitrogens with zero attached hydrogens (tertiary/aromatic N) is 2. The molecule has 1 saturated heterocycles. The van der Waals surface area contributed by atoms with E-state index < -0.39 is 0 Å². The van der Waals surface area contributed by atoms with Crippen LogP contribution in [0.2, 0.25) is 0 Å². The first kappa shape index (κ1) is 35.8. The van der Waals surface area contributed by atoms with Gasteiger partial charge in [-0.3, -0.25) is 4.98 Å². The van der Waals surface area contributed by atoms with E-state index in [0.29, 0.717) is 49.0 Å². The third kappa shape index (κ3) is 8.08. The standard InChI is InChI=1S/C47H49N2O4/c1-5-44-34(2)29-49(44,35(3)25-40-23-24-48-43-22-21-41(50-4)28-42(40)43)30-39-26-45(51-31-36-15-9-6-10-16-36)47(53-33-38-19-13-8-14-20-38)46(27-39)52-32-37-17-11-7-12-18-37/h5-24,26-28,34-35,44H,1,25,29-33H2,2-4H3/q+1/t34-,35?,44?,49?/m0/s1. The molecule has 270 valence electrons. The fourth-order valence-electron chi connectivity index (χ4n) is 7.98. The van der Waals surface area contributed by atoms with Gasteiger partial charge in [0.15, 0.2) is 11.5 Å². The van der Waals surface area contributed by atoms with E-state index in [1.54, 1.807) is 7.11 Å². The molecular formula is C47H49N2O4+. The average Bonchev–Trinajstić information content (AvgIpc) is 3.19. The van der Waals surface area contributed by atoms with Crippen molar-refractivity contribution in [2.45, 2.75) is 58.7 Å². The summed E-state index contributed by atoms with van der Waals surface area (Å²) in [5.41, 5.74) is 6.62. The minimum absolute atomic E-state index is 0.280. The van der Waals surface area contributed by atoms with Crippen LogP contribution < -0.4 is 18.9 Å². The number of methoxy groups -OCH3 is 1. The zero-order valence-electron chi connectivity index (χ0n) is 31.0. The molecule has 3 unspecified atom stereocenters. The Morgan fingerprint density at radius 2 is 1.30 bits per heavy atom. The van der Waals surface area contributed by atoms with Crippen LogP contribution in [0.25, 0.3) is 10.9 Å². The highest BCUT2D eigenvalue weighted by Gasteiger charge is 2.53. The van der Waals surface area contributed by atoms with Crippen molar-refractivity contribution in [2.24, 2.45) is 5.92 Å². The maximum Gasteiger partial charge on any atom is 0.203 e. The van der Waals surface area contributed by atoms with Crippen LogP contribution in [0.1, 0.15) is 41.7 Å². The van der Waals surface area contributed by atoms with Crippen LogP contribution in [-0.2, 0) is 32.8 Å². The van der Waals surface area contributed by atoms with Crippen molar-refractivity contribution in [3.63, 3.8) is 0 Å². The summed E-state index contributed by atoms with van der Waals surface area (Å²) < 4.78 is 26.4. The van der Waals surface area contributed by atoms with Gasteiger partial charge in [-0.1, -0.05) is 104 Å². The lowest BCUT2D eigenvalue weighted by atomic mass is 9.81. The van der Waals surface area contributed by atoms with Gasteiger partial charge >= 0.3 is 0 Å². The molecule has 1 aromatic heterocycles. The molecule has 0 bridgehead atoms. The van der Waals surface area contributed by atoms with Crippen LogP contribution in [-0.4, -0.2) is 35.2 Å². The van der Waals surface area contributed by atoms with Crippen molar-refractivity contribution >= 4 is 10.9 Å². The topological polar surface area (TPSA) is 49.8 Å². The van der Waals surface area contributed by atoms with E-state index in [9.17, 15) is 0 Å². The van der Waals surface area contributed by atoms with Crippen molar-refractivity contribution in [3.05, 3.63) is 174 Å². The van der Waals surface area contributed by atoms with Crippen LogP contribution in [0, 0.1) is 5.92 Å². The van der Waals surface area contributed by atoms with E-state index in [1.807, 2.05) is 72.9 Å². The lowest BCUT2D eigenvalue weighted by Gasteiger charge is -2.59. The van der Waals surface area contributed by atoms with E-state index in [2.05, 4.69) is 92.2 Å². The molecule has 0 saturated carbocycles. The second-order valence-electron chi connectivity index (χ2n) is 14.3. The molecule has 0 spiro atoms. The summed E-state index contributed by atoms with van der Waals surface area (Å²) in [6.07, 6.45) is 4.97. The lowest BCUT2D eigenvalue weighted by molar-refractivity contribution is -1.02. The van der Waals surface area contributed by atoms with Gasteiger partial charge in [0.1, 0.15) is 38.2 Å². The molecule has 0 aliphatic carbocycles. The van der Waals surface area contributed by atoms with E-state index in [-0.39, 0.29) is 6.04 Å². The Kier molecular flexibility index (Phi) is 11.1. The molecule has 7 rings (SSSR count). The monoisotopic (exact) mass is 705 g/mol. The summed E-state index contributed by atoms with van der Waals surface area (Å²) in [6.45, 7) is 12.1. The molecule has 1 aliphatic rings. The summed E-state index contributed by atoms with van der Waals surface area (Å²) >= 11 is 0. The Morgan fingerprint density at radius 1 is 0.736 bits per heavy atom. The zero-order chi connectivity index (χ0) is 36.6. The summed E-state index contributed by atoms with van der Waals surface area (Å²) in [5, 5.41) is 1.13. The molecular weight excluding hydrogens is 657 g/mol. The summed E-state index contributed by atoms with van der Waals surface area (Å²) in [5.74, 6) is 3.31. The van der Waals surface area contributed by atoms with Gasteiger partial charge < -0.3 is 23.4 Å². The molecule has 6 aromatic rings. The minimum Gasteiger partial charge on any atom is -0.497 e. The molecule has 6 heteroatoms. The summed E-state index contributed by atoms with van der Waals surface area (Å²) in [7, 11) is 1.71. The molecule has 1 aliphatic heterocycles. The number of hydrogen-bond donors (Lipinski definition) is 0. The van der Waals surface area contributed by atoms with Crippen molar-refractivity contribution in [3.8, 4) is 23.0 Å². The van der Waals surface area contributed by atoms with Gasteiger partial charge in [0.25, 0.3) is 0 Å². The SMILES string of the molecule is C=CC1[C@@H](C)C[N+]1(Cc1cc(OCc2ccccc2)c(OCc2ccccc2)c(OCc2ccccc2)c1)C(C)Cc1ccnc2ccc(OC)cc12. The van der Waals surface area contributed by atoms with E-state index in [1.165, 1.54) is 5.56 Å². The number of quaternary nitrogens is 1. The molecule has 6 nitrogen and oxygen atoms in total. The van der Waals surface area contributed by atoms with Crippen molar-refractivity contribution < 1.29 is 23.4 Å². The maximum absolute atomic E-state index is 6.66. The highest BCUT2D eigenvalue weighted by atomic mass is 16.5. The molecule has 5 aromatic carbocycles. The Balaban J connectivity index is 1.27. The number of likely N-dealkylation sites (tertiary alicyclic amines) is 1. The highest BCUT2D eigenvalue weighted by molar-refractivity contribution is 5.83. The van der Waals surface area contributed by atoms with E-state index in [0.717, 1.165) is 62.9 Å². The Bertz CT molecular complexity index is 2060. The first-order chi connectivity index (χ1) is 26.0. The van der Waals surface area contributed by atoms with Gasteiger partial charge in [-0.25, -0.2) is 0 Å². The first-order valence-electron chi connectivity index (χ1n) is 18.5. The third-order valence-electron chi connectivity index (χ3n) is 10.7. The number of fused-ring (bicyclic) bond motifs is 1. The molecule has 53 heavy (non-hydrogen) atoms. The molecule has 2 heterocycles. The minimum atomic E-state index is 0.280. The number of pyridine rings is 1. The Morgan fingerprint density at radius 3 is 1.83 bits per heavy atom. The number of aromatic nitrogens is 1. The number of benzene rings is 5. The third-order valence-corrected chi connectivity index (χ3v) is 10.7. The van der Waals surface area contributed by atoms with Crippen LogP contribution in [0.3, 0.4) is 0 Å². The van der Waals surface area contributed by atoms with Gasteiger partial charge in [0, 0.05) is 23.6 Å². The molecule has 4 atom stereocenters. The van der Waals surface area contributed by atoms with Crippen molar-refractivity contribution in [2.75, 3.05) is 13.7 Å². The fourth-order valence-corrected chi connectivity index (χ4v) is 7.98. The molecule has 1 fully saturated rings. The van der Waals surface area contributed by atoms with Crippen LogP contribution >= 0.6 is 0 Å². The van der Waals surface area contributed by atoms with E-state index in [4.69, 9.17) is 18.9 Å². The number of hydrogen-bond acceptors (Lipinski definition) is 5. The molecule has 0 amide bonds. The molecule has 0 N–H and O–H groups in total. The van der Waals surface area contributed by atoms with Crippen LogP contribution in [0.4, 0.5) is 0 Å². The highest BCUT2D eigenvalue weighted by Crippen LogP contribution is 2.45. The largest absolute Gasteiger partial charge is 0.497 e. The first-order valence-corrected chi connectivity index (χ1v) is 18.5. The quantitative estimate of drug-likeness (QED) is 0.0741. The lowest BCUT2D eigenvalue weighted by Crippen LogP contribution is -2.72. The number of rotatable bonds is 16. The second kappa shape index (κ2) is 16.4. The normalized spacial score (nSPS) is 18.5. The predicted molar refractivity (Wildman–Crippen MR) is 212 cm³/mol. The fraction of sp³-hybridized carbons (Fsp3) is 0.255. The Labute approximate surface area is 313 Å². The van der Waals surface area contributed by atoms with Gasteiger partial charge in [-0.15, -0.1) is 0 Å². The van der Waals surface area contributed by atoms with Crippen LogP contribution in [0.5, 0.6) is 23.0 Å². The van der Waals surface area contributed by atoms with Crippen LogP contribution in [0.15, 0.2) is 146 Å². The zero-order valence-corrected chi connectivity index (χ0v) is 31.0. The summed E-state index contributed by atoms with van der Waals surface area (Å²) in [6, 6.07) is 43.9. The van der Waals surface area contributed by atoms with Gasteiger partial charge in [-0.2, -0.15) is 0 Å². The Hall–Kier alpha value is -5.59. The predicted octanol–water partition coefficient (Wildman–Crippen LogP) is 10.1. The smallest absolute Gasteiger partial charge is 0.203 e. The van der Waals surface area contributed by atoms with Crippen molar-refractivity contribution in [1.29, 1.82) is 0 Å². The summed E-state index contributed by atoms with van der Waals surface area (Å²) in [4.78, 5) is 4.66. The average molecular weight is 706 g/mol. The van der Waals surface area contributed by atoms with E-state index >= 15 is 0 Å². The van der Waals surface area contributed by atoms with Gasteiger partial charge in [0.05, 0.1) is 31.1 Å². The molecule has 0 radical (unpaired) electrons. The van der Waals surface area contributed by atoms with Crippen molar-refractivity contribution in [1.82, 2.24) is 4.98 Å². The van der Waals surface area contributed by atoms with Gasteiger partial charge in [0.2, 0.25) is 5.75 Å². The van der Waals surface area contributed by atoms with Gasteiger partial charge in [-0.05, 0) is 71.7 Å². The number of ether oxygens (including phenoxy) is 4. The maximum atomic E-state index is 6.66. The second-order valence-corrected chi connectivity index (χ2v) is 14.3.